The fourth-order valence-electron chi connectivity index (χ4n) is 3.28. The van der Waals surface area contributed by atoms with Crippen molar-refractivity contribution in [1.29, 1.82) is 0 Å². The van der Waals surface area contributed by atoms with Crippen molar-refractivity contribution < 1.29 is 19.1 Å². The van der Waals surface area contributed by atoms with Crippen molar-refractivity contribution >= 4 is 11.9 Å². The van der Waals surface area contributed by atoms with Crippen LogP contribution in [0.3, 0.4) is 0 Å². The fourth-order valence-corrected chi connectivity index (χ4v) is 3.28. The lowest BCUT2D eigenvalue weighted by Gasteiger charge is -2.18. The first-order chi connectivity index (χ1) is 15.0. The zero-order valence-electron chi connectivity index (χ0n) is 18.1. The van der Waals surface area contributed by atoms with Crippen molar-refractivity contribution in [2.24, 2.45) is 0 Å². The summed E-state index contributed by atoms with van der Waals surface area (Å²) in [4.78, 5) is 26.7. The van der Waals surface area contributed by atoms with Gasteiger partial charge in [-0.05, 0) is 31.5 Å². The quantitative estimate of drug-likeness (QED) is 0.493. The minimum atomic E-state index is -0.586. The van der Waals surface area contributed by atoms with Crippen LogP contribution < -0.4 is 4.74 Å². The molecule has 0 bridgehead atoms. The second-order valence-corrected chi connectivity index (χ2v) is 6.95. The molecule has 3 rings (SSSR count). The van der Waals surface area contributed by atoms with Gasteiger partial charge in [0.15, 0.2) is 6.61 Å². The summed E-state index contributed by atoms with van der Waals surface area (Å²) >= 11 is 0. The lowest BCUT2D eigenvalue weighted by molar-refractivity contribution is -0.134. The summed E-state index contributed by atoms with van der Waals surface area (Å²) in [5.74, 6) is -0.151. The average molecular weight is 421 g/mol. The van der Waals surface area contributed by atoms with E-state index in [4.69, 9.17) is 9.47 Å². The largest absolute Gasteiger partial charge is 0.497 e. The second-order valence-electron chi connectivity index (χ2n) is 6.95. The highest BCUT2D eigenvalue weighted by atomic mass is 16.5. The summed E-state index contributed by atoms with van der Waals surface area (Å²) in [7, 11) is 1.58. The number of rotatable bonds is 9. The van der Waals surface area contributed by atoms with E-state index in [-0.39, 0.29) is 12.5 Å². The number of amides is 1. The Kier molecular flexibility index (Phi) is 7.43. The molecule has 0 unspecified atom stereocenters. The van der Waals surface area contributed by atoms with Crippen molar-refractivity contribution in [3.63, 3.8) is 0 Å². The highest BCUT2D eigenvalue weighted by Gasteiger charge is 2.21. The minimum Gasteiger partial charge on any atom is -0.497 e. The first-order valence-corrected chi connectivity index (χ1v) is 10.3. The summed E-state index contributed by atoms with van der Waals surface area (Å²) in [5, 5.41) is 4.63. The normalized spacial score (nSPS) is 10.5. The summed E-state index contributed by atoms with van der Waals surface area (Å²) in [5.41, 5.74) is 2.57. The number of methoxy groups -OCH3 is 1. The van der Waals surface area contributed by atoms with E-state index in [1.807, 2.05) is 68.4 Å². The van der Waals surface area contributed by atoms with Crippen LogP contribution in [0.5, 0.6) is 5.75 Å². The zero-order chi connectivity index (χ0) is 22.2. The van der Waals surface area contributed by atoms with Gasteiger partial charge in [-0.3, -0.25) is 9.48 Å². The van der Waals surface area contributed by atoms with Crippen LogP contribution in [0, 0.1) is 0 Å². The first kappa shape index (κ1) is 22.1. The number of carbonyl (C=O) groups is 2. The van der Waals surface area contributed by atoms with Gasteiger partial charge in [-0.15, -0.1) is 0 Å². The molecule has 0 aliphatic carbocycles. The van der Waals surface area contributed by atoms with Crippen molar-refractivity contribution in [3.05, 3.63) is 71.9 Å². The van der Waals surface area contributed by atoms with E-state index >= 15 is 0 Å². The standard InChI is InChI=1S/C24H27N3O4/c1-4-26(5-2)22(28)17-31-24(29)21-16-27(15-18-10-7-6-8-11-18)25-23(21)19-12-9-13-20(14-19)30-3/h6-14,16H,4-5,15,17H2,1-3H3. The fraction of sp³-hybridized carbons (Fsp3) is 0.292. The molecule has 7 nitrogen and oxygen atoms in total. The van der Waals surface area contributed by atoms with Gasteiger partial charge in [-0.2, -0.15) is 5.10 Å². The van der Waals surface area contributed by atoms with Gasteiger partial charge in [-0.1, -0.05) is 42.5 Å². The molecule has 1 amide bonds. The van der Waals surface area contributed by atoms with Crippen LogP contribution in [0.1, 0.15) is 29.8 Å². The van der Waals surface area contributed by atoms with Crippen LogP contribution in [0.25, 0.3) is 11.3 Å². The Hall–Kier alpha value is -3.61. The lowest BCUT2D eigenvalue weighted by Crippen LogP contribution is -2.34. The highest BCUT2D eigenvalue weighted by molar-refractivity contribution is 5.97. The number of nitrogens with zero attached hydrogens (tertiary/aromatic N) is 3. The maximum Gasteiger partial charge on any atom is 0.342 e. The Balaban J connectivity index is 1.89. The molecule has 0 saturated carbocycles. The van der Waals surface area contributed by atoms with Gasteiger partial charge in [0.05, 0.1) is 13.7 Å². The van der Waals surface area contributed by atoms with Crippen molar-refractivity contribution in [3.8, 4) is 17.0 Å². The monoisotopic (exact) mass is 421 g/mol. The second kappa shape index (κ2) is 10.4. The van der Waals surface area contributed by atoms with E-state index in [0.717, 1.165) is 11.1 Å². The lowest BCUT2D eigenvalue weighted by atomic mass is 10.1. The van der Waals surface area contributed by atoms with Crippen LogP contribution in [0.2, 0.25) is 0 Å². The molecular weight excluding hydrogens is 394 g/mol. The molecule has 1 aromatic heterocycles. The molecule has 0 aliphatic heterocycles. The number of carbonyl (C=O) groups excluding carboxylic acids is 2. The molecule has 0 N–H and O–H groups in total. The third-order valence-corrected chi connectivity index (χ3v) is 4.96. The summed E-state index contributed by atoms with van der Waals surface area (Å²) < 4.78 is 12.4. The van der Waals surface area contributed by atoms with Gasteiger partial charge in [-0.25, -0.2) is 4.79 Å². The van der Waals surface area contributed by atoms with Gasteiger partial charge < -0.3 is 14.4 Å². The third kappa shape index (κ3) is 5.51. The van der Waals surface area contributed by atoms with Gasteiger partial charge in [0.25, 0.3) is 5.91 Å². The smallest absolute Gasteiger partial charge is 0.342 e. The number of esters is 1. The van der Waals surface area contributed by atoms with E-state index in [9.17, 15) is 9.59 Å². The van der Waals surface area contributed by atoms with E-state index in [2.05, 4.69) is 5.10 Å². The van der Waals surface area contributed by atoms with Gasteiger partial charge in [0.1, 0.15) is 17.0 Å². The van der Waals surface area contributed by atoms with E-state index in [1.165, 1.54) is 0 Å². The molecule has 7 heteroatoms. The number of benzene rings is 2. The Bertz CT molecular complexity index is 1030. The molecule has 3 aromatic rings. The topological polar surface area (TPSA) is 73.7 Å². The molecule has 0 fully saturated rings. The van der Waals surface area contributed by atoms with Crippen LogP contribution in [0.4, 0.5) is 0 Å². The average Bonchev–Trinajstić information content (AvgIpc) is 3.23. The molecular formula is C24H27N3O4. The maximum absolute atomic E-state index is 12.9. The van der Waals surface area contributed by atoms with Crippen molar-refractivity contribution in [2.75, 3.05) is 26.8 Å². The van der Waals surface area contributed by atoms with E-state index < -0.39 is 5.97 Å². The molecule has 0 atom stereocenters. The molecule has 162 valence electrons. The molecule has 31 heavy (non-hydrogen) atoms. The molecule has 0 saturated heterocycles. The molecule has 1 heterocycles. The van der Waals surface area contributed by atoms with E-state index in [1.54, 1.807) is 22.9 Å². The number of hydrogen-bond donors (Lipinski definition) is 0. The molecule has 0 aliphatic rings. The van der Waals surface area contributed by atoms with Gasteiger partial charge >= 0.3 is 5.97 Å². The maximum atomic E-state index is 12.9. The van der Waals surface area contributed by atoms with Crippen molar-refractivity contribution in [1.82, 2.24) is 14.7 Å². The summed E-state index contributed by atoms with van der Waals surface area (Å²) in [6.45, 7) is 5.11. The first-order valence-electron chi connectivity index (χ1n) is 10.3. The predicted molar refractivity (Wildman–Crippen MR) is 118 cm³/mol. The van der Waals surface area contributed by atoms with Crippen LogP contribution in [-0.4, -0.2) is 53.4 Å². The number of hydrogen-bond acceptors (Lipinski definition) is 5. The highest BCUT2D eigenvalue weighted by Crippen LogP contribution is 2.26. The Morgan fingerprint density at radius 3 is 2.45 bits per heavy atom. The Morgan fingerprint density at radius 2 is 1.77 bits per heavy atom. The Morgan fingerprint density at radius 1 is 1.03 bits per heavy atom. The van der Waals surface area contributed by atoms with E-state index in [0.29, 0.717) is 36.6 Å². The predicted octanol–water partition coefficient (Wildman–Crippen LogP) is 3.63. The minimum absolute atomic E-state index is 0.224. The SMILES string of the molecule is CCN(CC)C(=O)COC(=O)c1cn(Cc2ccccc2)nc1-c1cccc(OC)c1. The molecule has 0 spiro atoms. The number of ether oxygens (including phenoxy) is 2. The zero-order valence-corrected chi connectivity index (χ0v) is 18.1. The van der Waals surface area contributed by atoms with Crippen LogP contribution in [-0.2, 0) is 16.1 Å². The molecule has 0 radical (unpaired) electrons. The number of likely N-dealkylation sites (N-methyl/N-ethyl adjacent to an activating group) is 1. The summed E-state index contributed by atoms with van der Waals surface area (Å²) in [6.07, 6.45) is 1.66. The third-order valence-electron chi connectivity index (χ3n) is 4.96. The number of aromatic nitrogens is 2. The Labute approximate surface area is 182 Å². The molecule has 2 aromatic carbocycles. The van der Waals surface area contributed by atoms with Gasteiger partial charge in [0.2, 0.25) is 0 Å². The summed E-state index contributed by atoms with van der Waals surface area (Å²) in [6, 6.07) is 17.2. The van der Waals surface area contributed by atoms with Crippen LogP contribution in [0.15, 0.2) is 60.8 Å². The van der Waals surface area contributed by atoms with Crippen LogP contribution >= 0.6 is 0 Å². The van der Waals surface area contributed by atoms with Crippen molar-refractivity contribution in [2.45, 2.75) is 20.4 Å². The van der Waals surface area contributed by atoms with Gasteiger partial charge in [0, 0.05) is 24.8 Å².